The van der Waals surface area contributed by atoms with Crippen LogP contribution in [0.25, 0.3) is 10.9 Å². The number of fused-ring (bicyclic) bond motifs is 1. The SMILES string of the molecule is Cc1ccc2cn[nH]c2c1B(O)O. The van der Waals surface area contributed by atoms with Gasteiger partial charge in [0.25, 0.3) is 0 Å². The van der Waals surface area contributed by atoms with Crippen LogP contribution in [0.1, 0.15) is 5.56 Å². The fourth-order valence-corrected chi connectivity index (χ4v) is 1.47. The number of H-pyrrole nitrogens is 1. The Kier molecular flexibility index (Phi) is 1.83. The van der Waals surface area contributed by atoms with Gasteiger partial charge in [-0.1, -0.05) is 12.1 Å². The van der Waals surface area contributed by atoms with Crippen molar-refractivity contribution in [3.8, 4) is 0 Å². The minimum absolute atomic E-state index is 0.495. The van der Waals surface area contributed by atoms with Crippen molar-refractivity contribution in [2.45, 2.75) is 6.92 Å². The molecule has 0 unspecified atom stereocenters. The lowest BCUT2D eigenvalue weighted by Gasteiger charge is -2.04. The summed E-state index contributed by atoms with van der Waals surface area (Å²) in [4.78, 5) is 0. The lowest BCUT2D eigenvalue weighted by Crippen LogP contribution is -2.32. The standard InChI is InChI=1S/C8H9BN2O2/c1-5-2-3-6-4-10-11-8(6)7(5)9(12)13/h2-4,12-13H,1H3,(H,10,11). The third kappa shape index (κ3) is 1.22. The fourth-order valence-electron chi connectivity index (χ4n) is 1.47. The number of rotatable bonds is 1. The van der Waals surface area contributed by atoms with Crippen molar-refractivity contribution < 1.29 is 10.0 Å². The molecule has 1 aromatic heterocycles. The van der Waals surface area contributed by atoms with Crippen LogP contribution in [0, 0.1) is 6.92 Å². The normalized spacial score (nSPS) is 10.7. The Morgan fingerprint density at radius 3 is 2.85 bits per heavy atom. The zero-order valence-electron chi connectivity index (χ0n) is 7.15. The second-order valence-electron chi connectivity index (χ2n) is 3.00. The maximum absolute atomic E-state index is 9.13. The molecule has 1 heterocycles. The molecule has 66 valence electrons. The van der Waals surface area contributed by atoms with E-state index in [-0.39, 0.29) is 0 Å². The number of nitrogens with zero attached hydrogens (tertiary/aromatic N) is 1. The van der Waals surface area contributed by atoms with E-state index < -0.39 is 7.12 Å². The molecule has 0 aliphatic heterocycles. The first-order chi connectivity index (χ1) is 6.20. The number of benzene rings is 1. The van der Waals surface area contributed by atoms with Crippen LogP contribution < -0.4 is 5.46 Å². The van der Waals surface area contributed by atoms with E-state index >= 15 is 0 Å². The molecule has 0 saturated carbocycles. The van der Waals surface area contributed by atoms with Gasteiger partial charge in [0.2, 0.25) is 0 Å². The van der Waals surface area contributed by atoms with Crippen LogP contribution >= 0.6 is 0 Å². The van der Waals surface area contributed by atoms with E-state index in [2.05, 4.69) is 10.2 Å². The van der Waals surface area contributed by atoms with Crippen LogP contribution in [-0.2, 0) is 0 Å². The monoisotopic (exact) mass is 176 g/mol. The molecule has 0 bridgehead atoms. The Labute approximate surface area is 75.4 Å². The Morgan fingerprint density at radius 2 is 2.15 bits per heavy atom. The number of aromatic amines is 1. The van der Waals surface area contributed by atoms with Gasteiger partial charge in [0.15, 0.2) is 0 Å². The lowest BCUT2D eigenvalue weighted by atomic mass is 9.76. The molecule has 0 amide bonds. The quantitative estimate of drug-likeness (QED) is 0.515. The summed E-state index contributed by atoms with van der Waals surface area (Å²) in [5, 5.41) is 25.7. The van der Waals surface area contributed by atoms with Gasteiger partial charge in [-0.15, -0.1) is 0 Å². The summed E-state index contributed by atoms with van der Waals surface area (Å²) in [6.07, 6.45) is 1.65. The van der Waals surface area contributed by atoms with E-state index in [9.17, 15) is 0 Å². The fraction of sp³-hybridized carbons (Fsp3) is 0.125. The summed E-state index contributed by atoms with van der Waals surface area (Å²) in [5.41, 5.74) is 2.02. The van der Waals surface area contributed by atoms with E-state index in [4.69, 9.17) is 10.0 Å². The molecule has 3 N–H and O–H groups in total. The summed E-state index contributed by atoms with van der Waals surface area (Å²) >= 11 is 0. The molecule has 0 spiro atoms. The van der Waals surface area contributed by atoms with Gasteiger partial charge in [0.05, 0.1) is 11.7 Å². The highest BCUT2D eigenvalue weighted by molar-refractivity contribution is 6.62. The summed E-state index contributed by atoms with van der Waals surface area (Å²) in [6.45, 7) is 1.83. The highest BCUT2D eigenvalue weighted by Gasteiger charge is 2.18. The summed E-state index contributed by atoms with van der Waals surface area (Å²) in [7, 11) is -1.45. The van der Waals surface area contributed by atoms with Crippen LogP contribution in [-0.4, -0.2) is 27.4 Å². The average Bonchev–Trinajstić information content (AvgIpc) is 2.50. The molecule has 0 radical (unpaired) electrons. The number of hydrogen-bond donors (Lipinski definition) is 3. The minimum Gasteiger partial charge on any atom is -0.423 e. The zero-order valence-corrected chi connectivity index (χ0v) is 7.15. The highest BCUT2D eigenvalue weighted by atomic mass is 16.4. The van der Waals surface area contributed by atoms with E-state index in [0.29, 0.717) is 11.0 Å². The zero-order chi connectivity index (χ0) is 9.42. The van der Waals surface area contributed by atoms with E-state index in [1.165, 1.54) is 0 Å². The van der Waals surface area contributed by atoms with Crippen molar-refractivity contribution in [1.82, 2.24) is 10.2 Å². The molecule has 13 heavy (non-hydrogen) atoms. The Morgan fingerprint density at radius 1 is 1.38 bits per heavy atom. The van der Waals surface area contributed by atoms with Crippen LogP contribution in [0.3, 0.4) is 0 Å². The highest BCUT2D eigenvalue weighted by Crippen LogP contribution is 2.10. The third-order valence-corrected chi connectivity index (χ3v) is 2.13. The summed E-state index contributed by atoms with van der Waals surface area (Å²) < 4.78 is 0. The first-order valence-electron chi connectivity index (χ1n) is 3.99. The van der Waals surface area contributed by atoms with Crippen LogP contribution in [0.4, 0.5) is 0 Å². The Bertz CT molecular complexity index is 439. The third-order valence-electron chi connectivity index (χ3n) is 2.13. The minimum atomic E-state index is -1.45. The van der Waals surface area contributed by atoms with Gasteiger partial charge in [-0.05, 0) is 12.5 Å². The number of nitrogens with one attached hydrogen (secondary N) is 1. The van der Waals surface area contributed by atoms with Gasteiger partial charge in [0.1, 0.15) is 0 Å². The lowest BCUT2D eigenvalue weighted by molar-refractivity contribution is 0.426. The molecule has 0 fully saturated rings. The molecule has 0 saturated heterocycles. The van der Waals surface area contributed by atoms with Gasteiger partial charge in [-0.2, -0.15) is 5.10 Å². The van der Waals surface area contributed by atoms with Crippen molar-refractivity contribution >= 4 is 23.5 Å². The molecular formula is C8H9BN2O2. The largest absolute Gasteiger partial charge is 0.490 e. The maximum atomic E-state index is 9.13. The van der Waals surface area contributed by atoms with Crippen molar-refractivity contribution in [1.29, 1.82) is 0 Å². The molecule has 0 aliphatic rings. The molecule has 2 rings (SSSR count). The van der Waals surface area contributed by atoms with Crippen molar-refractivity contribution in [2.24, 2.45) is 0 Å². The van der Waals surface area contributed by atoms with Gasteiger partial charge in [-0.3, -0.25) is 5.10 Å². The molecular weight excluding hydrogens is 167 g/mol. The molecule has 0 aliphatic carbocycles. The van der Waals surface area contributed by atoms with Gasteiger partial charge in [-0.25, -0.2) is 0 Å². The van der Waals surface area contributed by atoms with Crippen LogP contribution in [0.2, 0.25) is 0 Å². The maximum Gasteiger partial charge on any atom is 0.490 e. The second-order valence-corrected chi connectivity index (χ2v) is 3.00. The number of hydrogen-bond acceptors (Lipinski definition) is 3. The van der Waals surface area contributed by atoms with Gasteiger partial charge in [0, 0.05) is 10.8 Å². The Balaban J connectivity index is 2.80. The second kappa shape index (κ2) is 2.87. The molecule has 1 aromatic carbocycles. The van der Waals surface area contributed by atoms with E-state index in [0.717, 1.165) is 10.9 Å². The van der Waals surface area contributed by atoms with Gasteiger partial charge >= 0.3 is 7.12 Å². The smallest absolute Gasteiger partial charge is 0.423 e. The van der Waals surface area contributed by atoms with Crippen LogP contribution in [0.15, 0.2) is 18.3 Å². The molecule has 4 nitrogen and oxygen atoms in total. The van der Waals surface area contributed by atoms with Crippen LogP contribution in [0.5, 0.6) is 0 Å². The molecule has 0 atom stereocenters. The summed E-state index contributed by atoms with van der Waals surface area (Å²) in [6, 6.07) is 3.73. The van der Waals surface area contributed by atoms with Gasteiger partial charge < -0.3 is 10.0 Å². The number of aryl methyl sites for hydroxylation is 1. The topological polar surface area (TPSA) is 69.1 Å². The first-order valence-corrected chi connectivity index (χ1v) is 3.99. The molecule has 5 heteroatoms. The van der Waals surface area contributed by atoms with E-state index in [1.54, 1.807) is 6.20 Å². The number of aromatic nitrogens is 2. The van der Waals surface area contributed by atoms with Crippen molar-refractivity contribution in [3.63, 3.8) is 0 Å². The first kappa shape index (κ1) is 8.28. The summed E-state index contributed by atoms with van der Waals surface area (Å²) in [5.74, 6) is 0. The predicted molar refractivity (Wildman–Crippen MR) is 50.7 cm³/mol. The molecule has 2 aromatic rings. The Hall–Kier alpha value is -1.33. The van der Waals surface area contributed by atoms with Crippen molar-refractivity contribution in [3.05, 3.63) is 23.9 Å². The predicted octanol–water partition coefficient (Wildman–Crippen LogP) is -0.449. The average molecular weight is 176 g/mol. The van der Waals surface area contributed by atoms with Crippen molar-refractivity contribution in [2.75, 3.05) is 0 Å². The van der Waals surface area contributed by atoms with E-state index in [1.807, 2.05) is 19.1 Å².